The number of carboxylic acid groups (broad SMARTS) is 1. The number of fused-ring (bicyclic) bond motifs is 2. The number of aromatic carboxylic acids is 1. The highest BCUT2D eigenvalue weighted by molar-refractivity contribution is 6.33. The summed E-state index contributed by atoms with van der Waals surface area (Å²) in [7, 11) is 0. The SMILES string of the molecule is Cc1ccc(C2CC23C(=O)Nc2cc(Cl)c(-c4ccc(-c5ccc(-n6cccn6)cc5)cc4)nc23)cc1C(=O)O. The minimum atomic E-state index is -0.977. The van der Waals surface area contributed by atoms with Crippen LogP contribution in [0.3, 0.4) is 0 Å². The molecule has 0 radical (unpaired) electrons. The monoisotopic (exact) mass is 546 g/mol. The highest BCUT2D eigenvalue weighted by Gasteiger charge is 2.66. The van der Waals surface area contributed by atoms with Gasteiger partial charge in [-0.3, -0.25) is 4.79 Å². The van der Waals surface area contributed by atoms with Crippen molar-refractivity contribution in [1.29, 1.82) is 0 Å². The molecule has 2 aliphatic rings. The van der Waals surface area contributed by atoms with Crippen molar-refractivity contribution in [1.82, 2.24) is 14.8 Å². The summed E-state index contributed by atoms with van der Waals surface area (Å²) < 4.78 is 1.81. The zero-order valence-electron chi connectivity index (χ0n) is 21.4. The highest BCUT2D eigenvalue weighted by atomic mass is 35.5. The molecule has 8 heteroatoms. The predicted octanol–water partition coefficient (Wildman–Crippen LogP) is 6.64. The Balaban J connectivity index is 1.20. The van der Waals surface area contributed by atoms with Crippen LogP contribution in [0.5, 0.6) is 0 Å². The lowest BCUT2D eigenvalue weighted by atomic mass is 9.93. The van der Waals surface area contributed by atoms with Gasteiger partial charge in [-0.05, 0) is 65.9 Å². The van der Waals surface area contributed by atoms with E-state index in [1.165, 1.54) is 0 Å². The minimum Gasteiger partial charge on any atom is -0.478 e. The quantitative estimate of drug-likeness (QED) is 0.257. The molecule has 7 rings (SSSR count). The van der Waals surface area contributed by atoms with Crippen LogP contribution >= 0.6 is 11.6 Å². The molecule has 2 N–H and O–H groups in total. The number of carbonyl (C=O) groups is 2. The number of nitrogens with zero attached hydrogens (tertiary/aromatic N) is 3. The number of benzene rings is 3. The summed E-state index contributed by atoms with van der Waals surface area (Å²) in [6.45, 7) is 1.77. The number of pyridine rings is 1. The number of halogens is 1. The van der Waals surface area contributed by atoms with E-state index in [1.807, 2.05) is 59.4 Å². The molecule has 5 aromatic rings. The molecule has 3 heterocycles. The number of anilines is 1. The van der Waals surface area contributed by atoms with Gasteiger partial charge in [-0.1, -0.05) is 60.1 Å². The van der Waals surface area contributed by atoms with Gasteiger partial charge in [0.15, 0.2) is 0 Å². The van der Waals surface area contributed by atoms with Gasteiger partial charge in [0.1, 0.15) is 5.41 Å². The van der Waals surface area contributed by atoms with Crippen LogP contribution in [0.15, 0.2) is 91.3 Å². The Hall–Kier alpha value is -4.75. The Kier molecular flexibility index (Phi) is 5.40. The van der Waals surface area contributed by atoms with Crippen LogP contribution < -0.4 is 5.32 Å². The van der Waals surface area contributed by atoms with E-state index in [0.717, 1.165) is 27.9 Å². The van der Waals surface area contributed by atoms with Gasteiger partial charge in [-0.25, -0.2) is 14.5 Å². The van der Waals surface area contributed by atoms with Gasteiger partial charge in [0.2, 0.25) is 5.91 Å². The van der Waals surface area contributed by atoms with Crippen molar-refractivity contribution in [2.45, 2.75) is 24.7 Å². The third-order valence-electron chi connectivity index (χ3n) is 8.04. The van der Waals surface area contributed by atoms with E-state index >= 15 is 0 Å². The van der Waals surface area contributed by atoms with Crippen LogP contribution in [0.4, 0.5) is 5.69 Å². The van der Waals surface area contributed by atoms with Crippen LogP contribution in [0.2, 0.25) is 5.02 Å². The van der Waals surface area contributed by atoms with E-state index in [2.05, 4.69) is 22.5 Å². The van der Waals surface area contributed by atoms with Gasteiger partial charge in [-0.15, -0.1) is 0 Å². The van der Waals surface area contributed by atoms with Crippen molar-refractivity contribution >= 4 is 29.2 Å². The van der Waals surface area contributed by atoms with Gasteiger partial charge in [0, 0.05) is 23.9 Å². The van der Waals surface area contributed by atoms with E-state index in [1.54, 1.807) is 31.3 Å². The Morgan fingerprint density at radius 1 is 1.02 bits per heavy atom. The number of hydrogen-bond donors (Lipinski definition) is 2. The zero-order chi connectivity index (χ0) is 27.6. The van der Waals surface area contributed by atoms with Gasteiger partial charge in [-0.2, -0.15) is 5.10 Å². The summed E-state index contributed by atoms with van der Waals surface area (Å²) in [5.74, 6) is -1.25. The largest absolute Gasteiger partial charge is 0.478 e. The van der Waals surface area contributed by atoms with Crippen molar-refractivity contribution in [3.63, 3.8) is 0 Å². The fraction of sp³-hybridized carbons (Fsp3) is 0.125. The molecule has 7 nitrogen and oxygen atoms in total. The van der Waals surface area contributed by atoms with Crippen molar-refractivity contribution in [3.8, 4) is 28.1 Å². The molecule has 2 unspecified atom stereocenters. The summed E-state index contributed by atoms with van der Waals surface area (Å²) >= 11 is 6.67. The topological polar surface area (TPSA) is 97.1 Å². The predicted molar refractivity (Wildman–Crippen MR) is 153 cm³/mol. The van der Waals surface area contributed by atoms with Crippen molar-refractivity contribution in [3.05, 3.63) is 119 Å². The van der Waals surface area contributed by atoms with Crippen molar-refractivity contribution in [2.75, 3.05) is 5.32 Å². The lowest BCUT2D eigenvalue weighted by Gasteiger charge is -2.12. The van der Waals surface area contributed by atoms with E-state index in [0.29, 0.717) is 34.1 Å². The van der Waals surface area contributed by atoms with Gasteiger partial charge >= 0.3 is 5.97 Å². The smallest absolute Gasteiger partial charge is 0.335 e. The van der Waals surface area contributed by atoms with Crippen molar-refractivity contribution in [2.24, 2.45) is 0 Å². The summed E-state index contributed by atoms with van der Waals surface area (Å²) in [6.07, 6.45) is 4.22. The highest BCUT2D eigenvalue weighted by Crippen LogP contribution is 2.65. The second-order valence-electron chi connectivity index (χ2n) is 10.4. The van der Waals surface area contributed by atoms with Crippen LogP contribution in [0.25, 0.3) is 28.1 Å². The number of nitrogens with one attached hydrogen (secondary N) is 1. The van der Waals surface area contributed by atoms with Gasteiger partial charge < -0.3 is 10.4 Å². The third kappa shape index (κ3) is 3.73. The molecule has 3 aromatic carbocycles. The first-order chi connectivity index (χ1) is 19.3. The lowest BCUT2D eigenvalue weighted by Crippen LogP contribution is -2.21. The molecule has 2 atom stereocenters. The molecular weight excluding hydrogens is 524 g/mol. The summed E-state index contributed by atoms with van der Waals surface area (Å²) in [4.78, 5) is 29.9. The van der Waals surface area contributed by atoms with E-state index < -0.39 is 11.4 Å². The number of amides is 1. The number of rotatable bonds is 5. The van der Waals surface area contributed by atoms with Crippen molar-refractivity contribution < 1.29 is 14.7 Å². The molecule has 2 aromatic heterocycles. The number of hydrogen-bond acceptors (Lipinski definition) is 4. The van der Waals surface area contributed by atoms with Crippen LogP contribution in [0.1, 0.15) is 39.5 Å². The lowest BCUT2D eigenvalue weighted by molar-refractivity contribution is -0.118. The molecule has 1 spiro atoms. The maximum atomic E-state index is 13.2. The molecule has 1 aliphatic carbocycles. The first-order valence-corrected chi connectivity index (χ1v) is 13.3. The molecule has 196 valence electrons. The molecule has 0 saturated heterocycles. The number of carboxylic acids is 1. The van der Waals surface area contributed by atoms with Crippen LogP contribution in [-0.2, 0) is 10.2 Å². The molecule has 40 heavy (non-hydrogen) atoms. The van der Waals surface area contributed by atoms with Gasteiger partial charge in [0.05, 0.1) is 33.3 Å². The molecule has 0 bridgehead atoms. The van der Waals surface area contributed by atoms with E-state index in [-0.39, 0.29) is 17.4 Å². The van der Waals surface area contributed by atoms with E-state index in [9.17, 15) is 14.7 Å². The zero-order valence-corrected chi connectivity index (χ0v) is 22.2. The third-order valence-corrected chi connectivity index (χ3v) is 8.32. The van der Waals surface area contributed by atoms with Gasteiger partial charge in [0.25, 0.3) is 0 Å². The molecule has 1 saturated carbocycles. The second-order valence-corrected chi connectivity index (χ2v) is 10.8. The molecular formula is C32H23ClN4O3. The Morgan fingerprint density at radius 3 is 2.40 bits per heavy atom. The first kappa shape index (κ1) is 24.3. The minimum absolute atomic E-state index is 0.125. The number of aryl methyl sites for hydroxylation is 1. The normalized spacial score (nSPS) is 18.9. The molecule has 1 amide bonds. The standard InChI is InChI=1S/C32H23ClN4O3/c1-18-3-4-22(15-24(18)30(38)39)25-17-32(25)29-27(35-31(32)40)16-26(33)28(36-29)21-7-5-19(6-8-21)20-9-11-23(12-10-20)37-14-2-13-34-37/h2-16,25H,17H2,1H3,(H,35,40)(H,38,39). The Labute approximate surface area is 235 Å². The number of aromatic nitrogens is 3. The summed E-state index contributed by atoms with van der Waals surface area (Å²) in [6, 6.07) is 25.2. The van der Waals surface area contributed by atoms with Crippen LogP contribution in [0, 0.1) is 6.92 Å². The Bertz CT molecular complexity index is 1810. The second kappa shape index (κ2) is 8.89. The summed E-state index contributed by atoms with van der Waals surface area (Å²) in [5.41, 5.74) is 6.78. The fourth-order valence-corrected chi connectivity index (χ4v) is 6.04. The fourth-order valence-electron chi connectivity index (χ4n) is 5.78. The average molecular weight is 547 g/mol. The average Bonchev–Trinajstić information content (AvgIpc) is 3.34. The Morgan fingerprint density at radius 2 is 1.73 bits per heavy atom. The molecule has 1 fully saturated rings. The number of carbonyl (C=O) groups excluding carboxylic acids is 1. The first-order valence-electron chi connectivity index (χ1n) is 12.9. The van der Waals surface area contributed by atoms with E-state index in [4.69, 9.17) is 16.6 Å². The maximum Gasteiger partial charge on any atom is 0.335 e. The maximum absolute atomic E-state index is 13.2. The van der Waals surface area contributed by atoms with Crippen LogP contribution in [-0.4, -0.2) is 31.7 Å². The molecule has 1 aliphatic heterocycles. The summed E-state index contributed by atoms with van der Waals surface area (Å²) in [5, 5.41) is 17.3.